The Bertz CT molecular complexity index is 410. The number of carbonyl (C=O) groups is 1. The first-order chi connectivity index (χ1) is 7.10. The number of hydrogen-bond acceptors (Lipinski definition) is 1. The summed E-state index contributed by atoms with van der Waals surface area (Å²) in [6, 6.07) is 5.02. The largest absolute Gasteiger partial charge is 0.369 e. The van der Waals surface area contributed by atoms with Gasteiger partial charge in [-0.25, -0.2) is 4.39 Å². The van der Waals surface area contributed by atoms with Gasteiger partial charge in [-0.2, -0.15) is 0 Å². The van der Waals surface area contributed by atoms with Crippen molar-refractivity contribution >= 4 is 5.91 Å². The Labute approximate surface area is 88.3 Å². The number of halogens is 1. The molecule has 0 heterocycles. The third-order valence-corrected chi connectivity index (χ3v) is 3.21. The van der Waals surface area contributed by atoms with E-state index < -0.39 is 5.41 Å². The zero-order valence-electron chi connectivity index (χ0n) is 8.72. The van der Waals surface area contributed by atoms with Crippen molar-refractivity contribution < 1.29 is 9.18 Å². The molecular weight excluding hydrogens is 193 g/mol. The van der Waals surface area contributed by atoms with Gasteiger partial charge in [0.1, 0.15) is 5.82 Å². The van der Waals surface area contributed by atoms with E-state index in [1.807, 2.05) is 13.0 Å². The van der Waals surface area contributed by atoms with Crippen molar-refractivity contribution in [3.63, 3.8) is 0 Å². The van der Waals surface area contributed by atoms with E-state index in [4.69, 9.17) is 5.73 Å². The van der Waals surface area contributed by atoms with Crippen molar-refractivity contribution in [3.8, 4) is 0 Å². The van der Waals surface area contributed by atoms with Gasteiger partial charge in [0.25, 0.3) is 0 Å². The maximum absolute atomic E-state index is 13.5. The summed E-state index contributed by atoms with van der Waals surface area (Å²) in [5, 5.41) is 0. The third kappa shape index (κ3) is 1.52. The average Bonchev–Trinajstić information content (AvgIpc) is 2.98. The van der Waals surface area contributed by atoms with E-state index >= 15 is 0 Å². The minimum atomic E-state index is -0.576. The van der Waals surface area contributed by atoms with Gasteiger partial charge in [0.05, 0.1) is 5.41 Å². The van der Waals surface area contributed by atoms with Gasteiger partial charge in [-0.05, 0) is 36.5 Å². The van der Waals surface area contributed by atoms with Crippen molar-refractivity contribution in [2.24, 2.45) is 5.73 Å². The molecule has 1 amide bonds. The molecule has 0 unspecified atom stereocenters. The summed E-state index contributed by atoms with van der Waals surface area (Å²) in [7, 11) is 0. The molecule has 0 saturated heterocycles. The first-order valence-corrected chi connectivity index (χ1v) is 5.19. The standard InChI is InChI=1S/C12H14FNO/c1-2-8-3-4-9(7-10(8)13)12(5-6-12)11(14)15/h3-4,7H,2,5-6H2,1H3,(H2,14,15). The van der Waals surface area contributed by atoms with Gasteiger partial charge in [-0.3, -0.25) is 4.79 Å². The summed E-state index contributed by atoms with van der Waals surface area (Å²) in [5.41, 5.74) is 6.15. The second-order valence-electron chi connectivity index (χ2n) is 4.11. The number of carbonyl (C=O) groups excluding carboxylic acids is 1. The molecule has 1 saturated carbocycles. The van der Waals surface area contributed by atoms with Crippen LogP contribution in [0.2, 0.25) is 0 Å². The van der Waals surface area contributed by atoms with Crippen LogP contribution in [0, 0.1) is 5.82 Å². The molecule has 1 fully saturated rings. The van der Waals surface area contributed by atoms with Crippen molar-refractivity contribution in [3.05, 3.63) is 35.1 Å². The SMILES string of the molecule is CCc1ccc(C2(C(N)=O)CC2)cc1F. The van der Waals surface area contributed by atoms with Gasteiger partial charge < -0.3 is 5.73 Å². The van der Waals surface area contributed by atoms with E-state index in [2.05, 4.69) is 0 Å². The maximum Gasteiger partial charge on any atom is 0.228 e. The van der Waals surface area contributed by atoms with Crippen LogP contribution in [0.3, 0.4) is 0 Å². The molecule has 3 heteroatoms. The Hall–Kier alpha value is -1.38. The average molecular weight is 207 g/mol. The third-order valence-electron chi connectivity index (χ3n) is 3.21. The molecule has 1 aliphatic carbocycles. The summed E-state index contributed by atoms with van der Waals surface area (Å²) >= 11 is 0. The minimum Gasteiger partial charge on any atom is -0.369 e. The van der Waals surface area contributed by atoms with Gasteiger partial charge >= 0.3 is 0 Å². The summed E-state index contributed by atoms with van der Waals surface area (Å²) in [6.45, 7) is 1.90. The molecule has 2 N–H and O–H groups in total. The highest BCUT2D eigenvalue weighted by Crippen LogP contribution is 2.48. The predicted molar refractivity (Wildman–Crippen MR) is 55.9 cm³/mol. The Balaban J connectivity index is 2.39. The van der Waals surface area contributed by atoms with E-state index in [9.17, 15) is 9.18 Å². The molecular formula is C12H14FNO. The highest BCUT2D eigenvalue weighted by atomic mass is 19.1. The van der Waals surface area contributed by atoms with Crippen molar-refractivity contribution in [2.75, 3.05) is 0 Å². The fourth-order valence-electron chi connectivity index (χ4n) is 1.93. The Kier molecular flexibility index (Phi) is 2.25. The smallest absolute Gasteiger partial charge is 0.228 e. The lowest BCUT2D eigenvalue weighted by molar-refractivity contribution is -0.120. The number of rotatable bonds is 3. The minimum absolute atomic E-state index is 0.234. The van der Waals surface area contributed by atoms with Gasteiger partial charge in [0.15, 0.2) is 0 Å². The van der Waals surface area contributed by atoms with Crippen molar-refractivity contribution in [1.82, 2.24) is 0 Å². The molecule has 80 valence electrons. The second-order valence-corrected chi connectivity index (χ2v) is 4.11. The molecule has 0 aliphatic heterocycles. The van der Waals surface area contributed by atoms with E-state index in [-0.39, 0.29) is 11.7 Å². The Morgan fingerprint density at radius 2 is 2.20 bits per heavy atom. The molecule has 1 aromatic rings. The van der Waals surface area contributed by atoms with Gasteiger partial charge in [-0.1, -0.05) is 19.1 Å². The molecule has 15 heavy (non-hydrogen) atoms. The molecule has 1 aliphatic rings. The summed E-state index contributed by atoms with van der Waals surface area (Å²) in [6.07, 6.45) is 2.15. The van der Waals surface area contributed by atoms with Gasteiger partial charge in [-0.15, -0.1) is 0 Å². The fourth-order valence-corrected chi connectivity index (χ4v) is 1.93. The molecule has 0 atom stereocenters. The zero-order valence-corrected chi connectivity index (χ0v) is 8.72. The lowest BCUT2D eigenvalue weighted by Crippen LogP contribution is -2.28. The number of nitrogens with two attached hydrogens (primary N) is 1. The van der Waals surface area contributed by atoms with Crippen LogP contribution in [0.25, 0.3) is 0 Å². The summed E-state index contributed by atoms with van der Waals surface area (Å²) < 4.78 is 13.5. The van der Waals surface area contributed by atoms with E-state index in [0.29, 0.717) is 12.0 Å². The molecule has 0 aromatic heterocycles. The lowest BCUT2D eigenvalue weighted by Gasteiger charge is -2.12. The van der Waals surface area contributed by atoms with Gasteiger partial charge in [0.2, 0.25) is 5.91 Å². The van der Waals surface area contributed by atoms with Crippen LogP contribution >= 0.6 is 0 Å². The quantitative estimate of drug-likeness (QED) is 0.808. The van der Waals surface area contributed by atoms with Crippen LogP contribution in [0.4, 0.5) is 4.39 Å². The normalized spacial score (nSPS) is 17.5. The number of aryl methyl sites for hydroxylation is 1. The molecule has 0 spiro atoms. The van der Waals surface area contributed by atoms with Crippen LogP contribution in [-0.4, -0.2) is 5.91 Å². The zero-order chi connectivity index (χ0) is 11.1. The fraction of sp³-hybridized carbons (Fsp3) is 0.417. The van der Waals surface area contributed by atoms with Crippen molar-refractivity contribution in [1.29, 1.82) is 0 Å². The van der Waals surface area contributed by atoms with E-state index in [1.54, 1.807) is 6.07 Å². The number of benzene rings is 1. The summed E-state index contributed by atoms with van der Waals surface area (Å²) in [5.74, 6) is -0.575. The number of primary amides is 1. The van der Waals surface area contributed by atoms with Crippen LogP contribution in [0.1, 0.15) is 30.9 Å². The molecule has 2 rings (SSSR count). The van der Waals surface area contributed by atoms with E-state index in [0.717, 1.165) is 18.4 Å². The first-order valence-electron chi connectivity index (χ1n) is 5.19. The molecule has 1 aromatic carbocycles. The second kappa shape index (κ2) is 3.33. The predicted octanol–water partition coefficient (Wildman–Crippen LogP) is 1.91. The van der Waals surface area contributed by atoms with Crippen LogP contribution in [0.15, 0.2) is 18.2 Å². The lowest BCUT2D eigenvalue weighted by atomic mass is 9.94. The summed E-state index contributed by atoms with van der Waals surface area (Å²) in [4.78, 5) is 11.2. The van der Waals surface area contributed by atoms with Crippen LogP contribution in [-0.2, 0) is 16.6 Å². The molecule has 2 nitrogen and oxygen atoms in total. The highest BCUT2D eigenvalue weighted by molar-refractivity contribution is 5.89. The Morgan fingerprint density at radius 3 is 2.60 bits per heavy atom. The topological polar surface area (TPSA) is 43.1 Å². The molecule has 0 bridgehead atoms. The monoisotopic (exact) mass is 207 g/mol. The maximum atomic E-state index is 13.5. The van der Waals surface area contributed by atoms with Crippen LogP contribution in [0.5, 0.6) is 0 Å². The number of hydrogen-bond donors (Lipinski definition) is 1. The Morgan fingerprint density at radius 1 is 1.53 bits per heavy atom. The molecule has 0 radical (unpaired) electrons. The first kappa shape index (κ1) is 10.1. The van der Waals surface area contributed by atoms with Gasteiger partial charge in [0, 0.05) is 0 Å². The van der Waals surface area contributed by atoms with Crippen molar-refractivity contribution in [2.45, 2.75) is 31.6 Å². The van der Waals surface area contributed by atoms with Crippen LogP contribution < -0.4 is 5.73 Å². The highest BCUT2D eigenvalue weighted by Gasteiger charge is 2.50. The number of amides is 1. The van der Waals surface area contributed by atoms with E-state index in [1.165, 1.54) is 6.07 Å².